The molecule has 6 heteroatoms. The van der Waals surface area contributed by atoms with Crippen LogP contribution in [-0.2, 0) is 4.79 Å². The second-order valence-electron chi connectivity index (χ2n) is 6.26. The maximum atomic E-state index is 12.1. The standard InChI is InChI=1S/C15H27N3O3/c1-2-17-6-3-12(4-7-17)10-16-15(21)18-8-5-13(11-18)9-14(19)20/h12-13H,2-11H2,1H3,(H,16,21)(H,19,20). The van der Waals surface area contributed by atoms with Gasteiger partial charge in [-0.25, -0.2) is 4.79 Å². The third-order valence-electron chi connectivity index (χ3n) is 4.73. The molecule has 6 nitrogen and oxygen atoms in total. The Kier molecular flexibility index (Phi) is 5.85. The molecule has 0 bridgehead atoms. The van der Waals surface area contributed by atoms with Crippen LogP contribution < -0.4 is 5.32 Å². The lowest BCUT2D eigenvalue weighted by Crippen LogP contribution is -2.43. The second kappa shape index (κ2) is 7.64. The van der Waals surface area contributed by atoms with Crippen LogP contribution in [0.4, 0.5) is 4.79 Å². The van der Waals surface area contributed by atoms with Gasteiger partial charge in [0.1, 0.15) is 0 Å². The highest BCUT2D eigenvalue weighted by Gasteiger charge is 2.28. The lowest BCUT2D eigenvalue weighted by atomic mass is 9.97. The van der Waals surface area contributed by atoms with Gasteiger partial charge in [0.05, 0.1) is 0 Å². The maximum Gasteiger partial charge on any atom is 0.317 e. The number of carboxylic acid groups (broad SMARTS) is 1. The highest BCUT2D eigenvalue weighted by Crippen LogP contribution is 2.20. The Labute approximate surface area is 126 Å². The molecule has 0 spiro atoms. The maximum absolute atomic E-state index is 12.1. The molecular weight excluding hydrogens is 270 g/mol. The zero-order valence-electron chi connectivity index (χ0n) is 12.9. The lowest BCUT2D eigenvalue weighted by molar-refractivity contribution is -0.138. The van der Waals surface area contributed by atoms with Gasteiger partial charge in [-0.1, -0.05) is 6.92 Å². The van der Waals surface area contributed by atoms with E-state index < -0.39 is 5.97 Å². The molecule has 0 saturated carbocycles. The van der Waals surface area contributed by atoms with Crippen LogP contribution in [-0.4, -0.2) is 66.2 Å². The van der Waals surface area contributed by atoms with Crippen molar-refractivity contribution < 1.29 is 14.7 Å². The number of carbonyl (C=O) groups is 2. The van der Waals surface area contributed by atoms with Gasteiger partial charge in [0.2, 0.25) is 0 Å². The fourth-order valence-corrected chi connectivity index (χ4v) is 3.28. The molecule has 0 aromatic rings. The third-order valence-corrected chi connectivity index (χ3v) is 4.73. The summed E-state index contributed by atoms with van der Waals surface area (Å²) in [6, 6.07) is -0.0270. The molecule has 0 aliphatic carbocycles. The predicted molar refractivity (Wildman–Crippen MR) is 80.2 cm³/mol. The molecule has 1 atom stereocenters. The van der Waals surface area contributed by atoms with E-state index in [0.29, 0.717) is 19.0 Å². The molecule has 21 heavy (non-hydrogen) atoms. The van der Waals surface area contributed by atoms with Crippen molar-refractivity contribution in [3.8, 4) is 0 Å². The number of hydrogen-bond donors (Lipinski definition) is 2. The van der Waals surface area contributed by atoms with E-state index >= 15 is 0 Å². The summed E-state index contributed by atoms with van der Waals surface area (Å²) in [7, 11) is 0. The average Bonchev–Trinajstić information content (AvgIpc) is 2.93. The number of aliphatic carboxylic acids is 1. The van der Waals surface area contributed by atoms with E-state index in [9.17, 15) is 9.59 Å². The van der Waals surface area contributed by atoms with E-state index in [2.05, 4.69) is 17.1 Å². The van der Waals surface area contributed by atoms with Gasteiger partial charge >= 0.3 is 12.0 Å². The molecule has 1 unspecified atom stereocenters. The van der Waals surface area contributed by atoms with Gasteiger partial charge in [0, 0.05) is 26.1 Å². The monoisotopic (exact) mass is 297 g/mol. The topological polar surface area (TPSA) is 72.9 Å². The molecule has 2 saturated heterocycles. The summed E-state index contributed by atoms with van der Waals surface area (Å²) >= 11 is 0. The van der Waals surface area contributed by atoms with Crippen molar-refractivity contribution in [1.82, 2.24) is 15.1 Å². The minimum atomic E-state index is -0.773. The molecule has 2 aliphatic rings. The number of hydrogen-bond acceptors (Lipinski definition) is 3. The summed E-state index contributed by atoms with van der Waals surface area (Å²) in [4.78, 5) is 27.0. The van der Waals surface area contributed by atoms with E-state index in [1.807, 2.05) is 0 Å². The quantitative estimate of drug-likeness (QED) is 0.800. The summed E-state index contributed by atoms with van der Waals surface area (Å²) in [5, 5.41) is 11.8. The third kappa shape index (κ3) is 4.88. The number of carboxylic acids is 1. The van der Waals surface area contributed by atoms with Crippen LogP contribution in [0.2, 0.25) is 0 Å². The Morgan fingerprint density at radius 1 is 1.14 bits per heavy atom. The van der Waals surface area contributed by atoms with Crippen molar-refractivity contribution in [1.29, 1.82) is 0 Å². The van der Waals surface area contributed by atoms with Crippen molar-refractivity contribution in [2.75, 3.05) is 39.3 Å². The summed E-state index contributed by atoms with van der Waals surface area (Å²) in [5.41, 5.74) is 0. The fourth-order valence-electron chi connectivity index (χ4n) is 3.28. The number of nitrogens with one attached hydrogen (secondary N) is 1. The van der Waals surface area contributed by atoms with Crippen molar-refractivity contribution in [3.63, 3.8) is 0 Å². The van der Waals surface area contributed by atoms with Crippen LogP contribution in [0.1, 0.15) is 32.6 Å². The Hall–Kier alpha value is -1.30. The number of nitrogens with zero attached hydrogens (tertiary/aromatic N) is 2. The van der Waals surface area contributed by atoms with Crippen LogP contribution in [0.15, 0.2) is 0 Å². The molecule has 0 aromatic carbocycles. The number of urea groups is 1. The van der Waals surface area contributed by atoms with Crippen LogP contribution in [0, 0.1) is 11.8 Å². The summed E-state index contributed by atoms with van der Waals surface area (Å²) in [6.07, 6.45) is 3.26. The molecule has 0 radical (unpaired) electrons. The largest absolute Gasteiger partial charge is 0.481 e. The number of likely N-dealkylation sites (tertiary alicyclic amines) is 2. The summed E-state index contributed by atoms with van der Waals surface area (Å²) in [5.74, 6) is -0.0832. The van der Waals surface area contributed by atoms with Gasteiger partial charge < -0.3 is 20.2 Å². The summed E-state index contributed by atoms with van der Waals surface area (Å²) < 4.78 is 0. The van der Waals surface area contributed by atoms with Crippen molar-refractivity contribution in [2.45, 2.75) is 32.6 Å². The SMILES string of the molecule is CCN1CCC(CNC(=O)N2CCC(CC(=O)O)C2)CC1. The average molecular weight is 297 g/mol. The van der Waals surface area contributed by atoms with Crippen molar-refractivity contribution in [3.05, 3.63) is 0 Å². The van der Waals surface area contributed by atoms with Gasteiger partial charge in [-0.05, 0) is 50.7 Å². The predicted octanol–water partition coefficient (Wildman–Crippen LogP) is 1.22. The Morgan fingerprint density at radius 3 is 2.43 bits per heavy atom. The van der Waals surface area contributed by atoms with Gasteiger partial charge in [0.15, 0.2) is 0 Å². The minimum absolute atomic E-state index is 0.0270. The highest BCUT2D eigenvalue weighted by atomic mass is 16.4. The zero-order valence-corrected chi connectivity index (χ0v) is 12.9. The molecular formula is C15H27N3O3. The second-order valence-corrected chi connectivity index (χ2v) is 6.26. The zero-order chi connectivity index (χ0) is 15.2. The number of carbonyl (C=O) groups excluding carboxylic acids is 1. The molecule has 120 valence electrons. The van der Waals surface area contributed by atoms with Crippen LogP contribution in [0.5, 0.6) is 0 Å². The summed E-state index contributed by atoms with van der Waals surface area (Å²) in [6.45, 7) is 7.55. The Morgan fingerprint density at radius 2 is 1.81 bits per heavy atom. The molecule has 0 aromatic heterocycles. The van der Waals surface area contributed by atoms with E-state index in [0.717, 1.165) is 45.4 Å². The lowest BCUT2D eigenvalue weighted by Gasteiger charge is -2.31. The van der Waals surface area contributed by atoms with E-state index in [-0.39, 0.29) is 18.4 Å². The van der Waals surface area contributed by atoms with Gasteiger partial charge in [-0.2, -0.15) is 0 Å². The van der Waals surface area contributed by atoms with E-state index in [1.54, 1.807) is 4.90 Å². The van der Waals surface area contributed by atoms with Crippen LogP contribution >= 0.6 is 0 Å². The first-order valence-electron chi connectivity index (χ1n) is 8.05. The Bertz CT molecular complexity index is 367. The van der Waals surface area contributed by atoms with E-state index in [4.69, 9.17) is 5.11 Å². The minimum Gasteiger partial charge on any atom is -0.481 e. The highest BCUT2D eigenvalue weighted by molar-refractivity contribution is 5.74. The first-order valence-corrected chi connectivity index (χ1v) is 8.05. The Balaban J connectivity index is 1.65. The number of rotatable bonds is 5. The van der Waals surface area contributed by atoms with Gasteiger partial charge in [0.25, 0.3) is 0 Å². The van der Waals surface area contributed by atoms with Crippen LogP contribution in [0.25, 0.3) is 0 Å². The van der Waals surface area contributed by atoms with Gasteiger partial charge in [-0.3, -0.25) is 4.79 Å². The molecule has 2 fully saturated rings. The molecule has 2 N–H and O–H groups in total. The molecule has 2 heterocycles. The fraction of sp³-hybridized carbons (Fsp3) is 0.867. The molecule has 2 rings (SSSR count). The van der Waals surface area contributed by atoms with Gasteiger partial charge in [-0.15, -0.1) is 0 Å². The van der Waals surface area contributed by atoms with E-state index in [1.165, 1.54) is 0 Å². The first-order chi connectivity index (χ1) is 10.1. The molecule has 2 amide bonds. The normalized spacial score (nSPS) is 24.2. The van der Waals surface area contributed by atoms with Crippen molar-refractivity contribution in [2.24, 2.45) is 11.8 Å². The smallest absolute Gasteiger partial charge is 0.317 e. The number of amides is 2. The molecule has 2 aliphatic heterocycles. The van der Waals surface area contributed by atoms with Crippen molar-refractivity contribution >= 4 is 12.0 Å². The first kappa shape index (κ1) is 16.1. The van der Waals surface area contributed by atoms with Crippen LogP contribution in [0.3, 0.4) is 0 Å². The number of piperidine rings is 1.